The highest BCUT2D eigenvalue weighted by Gasteiger charge is 2.18. The Morgan fingerprint density at radius 2 is 1.96 bits per heavy atom. The molecule has 0 saturated carbocycles. The normalized spacial score (nSPS) is 10.9. The lowest BCUT2D eigenvalue weighted by Crippen LogP contribution is -2.22. The number of nitrogens with one attached hydrogen (secondary N) is 1. The molecule has 0 bridgehead atoms. The van der Waals surface area contributed by atoms with Gasteiger partial charge >= 0.3 is 0 Å². The van der Waals surface area contributed by atoms with Crippen molar-refractivity contribution >= 4 is 22.8 Å². The van der Waals surface area contributed by atoms with Gasteiger partial charge in [-0.1, -0.05) is 36.4 Å². The zero-order chi connectivity index (χ0) is 17.2. The second kappa shape index (κ2) is 6.49. The van der Waals surface area contributed by atoms with Crippen LogP contribution in [0.4, 0.5) is 0 Å². The molecule has 0 aliphatic rings. The van der Waals surface area contributed by atoms with E-state index in [1.165, 1.54) is 11.3 Å². The van der Waals surface area contributed by atoms with Gasteiger partial charge in [-0.2, -0.15) is 5.10 Å². The van der Waals surface area contributed by atoms with Crippen molar-refractivity contribution in [3.63, 3.8) is 0 Å². The van der Waals surface area contributed by atoms with Crippen molar-refractivity contribution in [1.82, 2.24) is 19.9 Å². The first-order chi connectivity index (χ1) is 12.2. The molecule has 0 radical (unpaired) electrons. The predicted molar refractivity (Wildman–Crippen MR) is 98.6 cm³/mol. The van der Waals surface area contributed by atoms with Crippen molar-refractivity contribution in [2.45, 2.75) is 13.5 Å². The first-order valence-corrected chi connectivity index (χ1v) is 8.76. The Balaban J connectivity index is 1.59. The molecule has 0 aliphatic carbocycles. The third-order valence-corrected chi connectivity index (χ3v) is 4.94. The highest BCUT2D eigenvalue weighted by molar-refractivity contribution is 7.14. The maximum Gasteiger partial charge on any atom is 0.280 e. The van der Waals surface area contributed by atoms with Crippen LogP contribution in [0.3, 0.4) is 0 Å². The number of rotatable bonds is 4. The van der Waals surface area contributed by atoms with Gasteiger partial charge in [0, 0.05) is 23.2 Å². The van der Waals surface area contributed by atoms with Crippen LogP contribution in [0.1, 0.15) is 20.2 Å². The van der Waals surface area contributed by atoms with Gasteiger partial charge in [0.05, 0.1) is 17.4 Å². The van der Waals surface area contributed by atoms with Crippen LogP contribution in [0.5, 0.6) is 0 Å². The molecule has 5 nitrogen and oxygen atoms in total. The monoisotopic (exact) mass is 348 g/mol. The van der Waals surface area contributed by atoms with E-state index in [9.17, 15) is 4.79 Å². The molecular weight excluding hydrogens is 332 g/mol. The Hall–Kier alpha value is -2.99. The average Bonchev–Trinajstić information content (AvgIpc) is 3.24. The fourth-order valence-electron chi connectivity index (χ4n) is 2.71. The highest BCUT2D eigenvalue weighted by Crippen LogP contribution is 2.30. The lowest BCUT2D eigenvalue weighted by Gasteiger charge is -2.02. The molecule has 0 unspecified atom stereocenters. The van der Waals surface area contributed by atoms with E-state index in [4.69, 9.17) is 0 Å². The van der Waals surface area contributed by atoms with Crippen LogP contribution < -0.4 is 5.32 Å². The molecule has 4 rings (SSSR count). The van der Waals surface area contributed by atoms with Crippen molar-refractivity contribution in [3.8, 4) is 11.3 Å². The molecule has 3 aromatic heterocycles. The van der Waals surface area contributed by atoms with Crippen molar-refractivity contribution in [3.05, 3.63) is 76.4 Å². The summed E-state index contributed by atoms with van der Waals surface area (Å²) < 4.78 is 1.81. The first-order valence-electron chi connectivity index (χ1n) is 7.94. The van der Waals surface area contributed by atoms with Gasteiger partial charge in [0.15, 0.2) is 5.01 Å². The van der Waals surface area contributed by atoms with Crippen molar-refractivity contribution < 1.29 is 4.79 Å². The average molecular weight is 348 g/mol. The van der Waals surface area contributed by atoms with Crippen LogP contribution in [0.25, 0.3) is 16.8 Å². The minimum absolute atomic E-state index is 0.153. The van der Waals surface area contributed by atoms with Gasteiger partial charge in [-0.15, -0.1) is 11.3 Å². The fourth-order valence-corrected chi connectivity index (χ4v) is 3.56. The largest absolute Gasteiger partial charge is 0.346 e. The zero-order valence-corrected chi connectivity index (χ0v) is 14.5. The fraction of sp³-hybridized carbons (Fsp3) is 0.105. The smallest absolute Gasteiger partial charge is 0.280 e. The number of benzene rings is 1. The Morgan fingerprint density at radius 3 is 2.80 bits per heavy atom. The second-order valence-corrected chi connectivity index (χ2v) is 6.88. The van der Waals surface area contributed by atoms with E-state index in [1.807, 2.05) is 66.2 Å². The first kappa shape index (κ1) is 15.5. The van der Waals surface area contributed by atoms with Crippen LogP contribution in [0.15, 0.2) is 60.9 Å². The van der Waals surface area contributed by atoms with Gasteiger partial charge in [-0.05, 0) is 24.6 Å². The van der Waals surface area contributed by atoms with Gasteiger partial charge < -0.3 is 5.32 Å². The minimum atomic E-state index is -0.153. The Kier molecular flexibility index (Phi) is 4.03. The summed E-state index contributed by atoms with van der Waals surface area (Å²) in [5, 5.41) is 7.74. The molecule has 1 amide bonds. The molecular formula is C19H16N4OS. The van der Waals surface area contributed by atoms with E-state index in [0.717, 1.165) is 27.2 Å². The maximum absolute atomic E-state index is 12.4. The number of hydrogen-bond donors (Lipinski definition) is 1. The number of pyridine rings is 1. The molecule has 0 atom stereocenters. The van der Waals surface area contributed by atoms with E-state index in [-0.39, 0.29) is 5.91 Å². The molecule has 124 valence electrons. The summed E-state index contributed by atoms with van der Waals surface area (Å²) in [4.78, 5) is 18.0. The number of carbonyl (C=O) groups excluding carboxylic acids is 1. The quantitative estimate of drug-likeness (QED) is 0.612. The van der Waals surface area contributed by atoms with Crippen LogP contribution in [0.2, 0.25) is 0 Å². The van der Waals surface area contributed by atoms with Gasteiger partial charge in [-0.25, -0.2) is 9.50 Å². The van der Waals surface area contributed by atoms with E-state index < -0.39 is 0 Å². The number of fused-ring (bicyclic) bond motifs is 1. The van der Waals surface area contributed by atoms with Crippen LogP contribution in [0, 0.1) is 6.92 Å². The number of nitrogens with zero attached hydrogens (tertiary/aromatic N) is 3. The SMILES string of the molecule is Cc1sc(C(=O)NCc2ccccc2)nc1-c1cnn2ccccc12. The lowest BCUT2D eigenvalue weighted by molar-refractivity contribution is 0.0950. The number of aryl methyl sites for hydroxylation is 1. The number of hydrogen-bond acceptors (Lipinski definition) is 4. The van der Waals surface area contributed by atoms with E-state index in [1.54, 1.807) is 6.20 Å². The number of amides is 1. The summed E-state index contributed by atoms with van der Waals surface area (Å²) in [7, 11) is 0. The molecule has 4 aromatic rings. The topological polar surface area (TPSA) is 59.3 Å². The van der Waals surface area contributed by atoms with Crippen LogP contribution in [-0.4, -0.2) is 20.5 Å². The molecule has 0 fully saturated rings. The number of aromatic nitrogens is 3. The lowest BCUT2D eigenvalue weighted by atomic mass is 10.2. The molecule has 3 heterocycles. The van der Waals surface area contributed by atoms with Gasteiger partial charge in [0.2, 0.25) is 0 Å². The number of carbonyl (C=O) groups is 1. The molecule has 1 N–H and O–H groups in total. The molecule has 6 heteroatoms. The standard InChI is InChI=1S/C19H16N4OS/c1-13-17(15-12-21-23-10-6-5-9-16(15)23)22-19(25-13)18(24)20-11-14-7-3-2-4-8-14/h2-10,12H,11H2,1H3,(H,20,24). The van der Waals surface area contributed by atoms with Crippen LogP contribution in [-0.2, 0) is 6.54 Å². The molecule has 0 spiro atoms. The number of thiazole rings is 1. The Morgan fingerprint density at radius 1 is 1.16 bits per heavy atom. The van der Waals surface area contributed by atoms with Crippen molar-refractivity contribution in [1.29, 1.82) is 0 Å². The summed E-state index contributed by atoms with van der Waals surface area (Å²) in [5.41, 5.74) is 3.80. The molecule has 25 heavy (non-hydrogen) atoms. The van der Waals surface area contributed by atoms with Gasteiger partial charge in [0.1, 0.15) is 0 Å². The zero-order valence-electron chi connectivity index (χ0n) is 13.6. The Labute approximate surface area is 149 Å². The van der Waals surface area contributed by atoms with E-state index in [0.29, 0.717) is 11.6 Å². The molecule has 0 saturated heterocycles. The van der Waals surface area contributed by atoms with Gasteiger partial charge in [0.25, 0.3) is 5.91 Å². The maximum atomic E-state index is 12.4. The second-order valence-electron chi connectivity index (χ2n) is 5.68. The third-order valence-electron chi connectivity index (χ3n) is 3.97. The summed E-state index contributed by atoms with van der Waals surface area (Å²) >= 11 is 1.40. The van der Waals surface area contributed by atoms with E-state index >= 15 is 0 Å². The summed E-state index contributed by atoms with van der Waals surface area (Å²) in [5.74, 6) is -0.153. The highest BCUT2D eigenvalue weighted by atomic mass is 32.1. The predicted octanol–water partition coefficient (Wildman–Crippen LogP) is 3.70. The third kappa shape index (κ3) is 3.04. The summed E-state index contributed by atoms with van der Waals surface area (Å²) in [6.07, 6.45) is 3.69. The van der Waals surface area contributed by atoms with Crippen molar-refractivity contribution in [2.24, 2.45) is 0 Å². The Bertz CT molecular complexity index is 1040. The van der Waals surface area contributed by atoms with Gasteiger partial charge in [-0.3, -0.25) is 4.79 Å². The summed E-state index contributed by atoms with van der Waals surface area (Å²) in [6.45, 7) is 2.47. The van der Waals surface area contributed by atoms with E-state index in [2.05, 4.69) is 15.4 Å². The van der Waals surface area contributed by atoms with Crippen molar-refractivity contribution in [2.75, 3.05) is 0 Å². The molecule has 0 aliphatic heterocycles. The minimum Gasteiger partial charge on any atom is -0.346 e. The van der Waals surface area contributed by atoms with Crippen LogP contribution >= 0.6 is 11.3 Å². The molecule has 1 aromatic carbocycles. The summed E-state index contributed by atoms with van der Waals surface area (Å²) in [6, 6.07) is 15.7.